The van der Waals surface area contributed by atoms with Crippen molar-refractivity contribution in [3.63, 3.8) is 0 Å². The van der Waals surface area contributed by atoms with Gasteiger partial charge in [0.15, 0.2) is 8.32 Å². The third kappa shape index (κ3) is 3.44. The number of ether oxygens (including phenoxy) is 1. The number of carbonyl (C=O) groups excluding carboxylic acids is 1. The lowest BCUT2D eigenvalue weighted by Crippen LogP contribution is -2.47. The van der Waals surface area contributed by atoms with Crippen molar-refractivity contribution in [1.82, 2.24) is 0 Å². The number of hydrogen-bond acceptors (Lipinski definition) is 3. The van der Waals surface area contributed by atoms with Gasteiger partial charge in [-0.2, -0.15) is 0 Å². The monoisotopic (exact) mass is 460 g/mol. The minimum atomic E-state index is -1.97. The summed E-state index contributed by atoms with van der Waals surface area (Å²) in [6.07, 6.45) is 1.40. The Kier molecular flexibility index (Phi) is 5.31. The van der Waals surface area contributed by atoms with E-state index >= 15 is 0 Å². The number of halogens is 1. The van der Waals surface area contributed by atoms with E-state index in [2.05, 4.69) is 75.5 Å². The summed E-state index contributed by atoms with van der Waals surface area (Å²) >= 11 is 2.33. The fourth-order valence-corrected chi connectivity index (χ4v) is 5.43. The molecule has 24 heavy (non-hydrogen) atoms. The van der Waals surface area contributed by atoms with Gasteiger partial charge in [-0.1, -0.05) is 39.0 Å². The van der Waals surface area contributed by atoms with Crippen molar-refractivity contribution in [3.8, 4) is 0 Å². The van der Waals surface area contributed by atoms with Crippen molar-refractivity contribution < 1.29 is 14.0 Å². The predicted molar refractivity (Wildman–Crippen MR) is 109 cm³/mol. The maximum atomic E-state index is 12.7. The third-order valence-corrected chi connectivity index (χ3v) is 11.5. The highest BCUT2D eigenvalue weighted by Crippen LogP contribution is 2.63. The van der Waals surface area contributed by atoms with Gasteiger partial charge in [0.2, 0.25) is 0 Å². The summed E-state index contributed by atoms with van der Waals surface area (Å²) in [6.45, 7) is 13.2. The van der Waals surface area contributed by atoms with Crippen LogP contribution >= 0.6 is 22.6 Å². The van der Waals surface area contributed by atoms with Crippen molar-refractivity contribution in [3.05, 3.63) is 33.4 Å². The molecule has 1 fully saturated rings. The standard InChI is InChI=1S/C19H29IO3Si/c1-17(2,3)24(6,7)23-18(4)13-19(18,16(21)22-5)12-14-10-8-9-11-15(14)20/h8-11H,12-13H2,1-7H3/t18-,19+/m0/s1. The number of esters is 1. The summed E-state index contributed by atoms with van der Waals surface area (Å²) in [7, 11) is -0.488. The molecule has 0 aromatic heterocycles. The lowest BCUT2D eigenvalue weighted by atomic mass is 9.93. The van der Waals surface area contributed by atoms with Crippen LogP contribution in [0.3, 0.4) is 0 Å². The first kappa shape index (κ1) is 19.9. The van der Waals surface area contributed by atoms with Gasteiger partial charge in [0.25, 0.3) is 0 Å². The average molecular weight is 460 g/mol. The minimum Gasteiger partial charge on any atom is -0.468 e. The van der Waals surface area contributed by atoms with Crippen LogP contribution in [0.4, 0.5) is 0 Å². The first-order valence-corrected chi connectivity index (χ1v) is 12.4. The molecule has 1 aromatic rings. The predicted octanol–water partition coefficient (Wildman–Crippen LogP) is 5.18. The van der Waals surface area contributed by atoms with Gasteiger partial charge in [0.1, 0.15) is 5.41 Å². The van der Waals surface area contributed by atoms with Crippen LogP contribution < -0.4 is 0 Å². The van der Waals surface area contributed by atoms with E-state index in [1.165, 1.54) is 16.2 Å². The lowest BCUT2D eigenvalue weighted by molar-refractivity contribution is -0.149. The van der Waals surface area contributed by atoms with E-state index in [4.69, 9.17) is 9.16 Å². The van der Waals surface area contributed by atoms with Gasteiger partial charge in [-0.25, -0.2) is 0 Å². The first-order chi connectivity index (χ1) is 10.9. The maximum Gasteiger partial charge on any atom is 0.315 e. The highest BCUT2D eigenvalue weighted by Gasteiger charge is 2.72. The van der Waals surface area contributed by atoms with Crippen LogP contribution in [0.1, 0.15) is 39.7 Å². The molecule has 0 aliphatic heterocycles. The second-order valence-electron chi connectivity index (χ2n) is 8.61. The van der Waals surface area contributed by atoms with E-state index in [9.17, 15) is 4.79 Å². The summed E-state index contributed by atoms with van der Waals surface area (Å²) < 4.78 is 13.0. The molecule has 1 aromatic carbocycles. The summed E-state index contributed by atoms with van der Waals surface area (Å²) in [6, 6.07) is 8.22. The average Bonchev–Trinajstić information content (AvgIpc) is 3.03. The zero-order chi connectivity index (χ0) is 18.4. The molecular formula is C19H29IO3Si. The second-order valence-corrected chi connectivity index (χ2v) is 14.5. The molecule has 5 heteroatoms. The zero-order valence-electron chi connectivity index (χ0n) is 15.8. The largest absolute Gasteiger partial charge is 0.468 e. The van der Waals surface area contributed by atoms with Crippen molar-refractivity contribution >= 4 is 36.9 Å². The van der Waals surface area contributed by atoms with Crippen LogP contribution in [0, 0.1) is 8.99 Å². The molecule has 0 N–H and O–H groups in total. The number of hydrogen-bond donors (Lipinski definition) is 0. The van der Waals surface area contributed by atoms with Crippen molar-refractivity contribution in [1.29, 1.82) is 0 Å². The van der Waals surface area contributed by atoms with Crippen LogP contribution in [0.25, 0.3) is 0 Å². The smallest absolute Gasteiger partial charge is 0.315 e. The highest BCUT2D eigenvalue weighted by molar-refractivity contribution is 14.1. The molecule has 0 spiro atoms. The molecule has 0 heterocycles. The summed E-state index contributed by atoms with van der Waals surface area (Å²) in [5.41, 5.74) is 0.173. The van der Waals surface area contributed by atoms with Crippen molar-refractivity contribution in [2.45, 2.75) is 64.3 Å². The molecule has 2 atom stereocenters. The molecule has 1 saturated carbocycles. The van der Waals surface area contributed by atoms with E-state index in [-0.39, 0.29) is 11.0 Å². The Hall–Kier alpha value is -0.403. The van der Waals surface area contributed by atoms with E-state index < -0.39 is 19.3 Å². The van der Waals surface area contributed by atoms with Crippen LogP contribution in [0.2, 0.25) is 18.1 Å². The minimum absolute atomic E-state index is 0.113. The number of methoxy groups -OCH3 is 1. The fraction of sp³-hybridized carbons (Fsp3) is 0.632. The molecule has 3 nitrogen and oxygen atoms in total. The Morgan fingerprint density at radius 3 is 2.38 bits per heavy atom. The van der Waals surface area contributed by atoms with E-state index in [0.717, 1.165) is 6.42 Å². The Morgan fingerprint density at radius 2 is 1.88 bits per heavy atom. The molecule has 0 saturated heterocycles. The Labute approximate surface area is 160 Å². The third-order valence-electron chi connectivity index (χ3n) is 5.84. The Morgan fingerprint density at radius 1 is 1.29 bits per heavy atom. The zero-order valence-corrected chi connectivity index (χ0v) is 19.0. The first-order valence-electron chi connectivity index (χ1n) is 8.41. The molecule has 134 valence electrons. The topological polar surface area (TPSA) is 35.5 Å². The number of rotatable bonds is 5. The summed E-state index contributed by atoms with van der Waals surface area (Å²) in [5, 5.41) is 0.113. The molecule has 0 amide bonds. The molecule has 1 aliphatic rings. The van der Waals surface area contributed by atoms with Gasteiger partial charge in [-0.15, -0.1) is 0 Å². The second kappa shape index (κ2) is 6.40. The SMILES string of the molecule is COC(=O)[C@@]1(Cc2ccccc2I)C[C@]1(C)O[Si](C)(C)C(C)(C)C. The fourth-order valence-electron chi connectivity index (χ4n) is 3.15. The van der Waals surface area contributed by atoms with Gasteiger partial charge in [0.05, 0.1) is 12.7 Å². The van der Waals surface area contributed by atoms with Crippen LogP contribution in [0.5, 0.6) is 0 Å². The van der Waals surface area contributed by atoms with E-state index in [1.807, 2.05) is 12.1 Å². The van der Waals surface area contributed by atoms with Gasteiger partial charge in [-0.3, -0.25) is 4.79 Å². The van der Waals surface area contributed by atoms with Crippen molar-refractivity contribution in [2.75, 3.05) is 7.11 Å². The van der Waals surface area contributed by atoms with E-state index in [0.29, 0.717) is 6.42 Å². The van der Waals surface area contributed by atoms with Crippen LogP contribution in [-0.4, -0.2) is 27.0 Å². The molecule has 0 unspecified atom stereocenters. The molecule has 0 bridgehead atoms. The highest BCUT2D eigenvalue weighted by atomic mass is 127. The van der Waals surface area contributed by atoms with Crippen LogP contribution in [-0.2, 0) is 20.4 Å². The normalized spacial score (nSPS) is 27.0. The molecule has 0 radical (unpaired) electrons. The Balaban J connectivity index is 2.33. The molecule has 2 rings (SSSR count). The summed E-state index contributed by atoms with van der Waals surface area (Å²) in [5.74, 6) is -0.150. The lowest BCUT2D eigenvalue weighted by Gasteiger charge is -2.40. The van der Waals surface area contributed by atoms with Gasteiger partial charge < -0.3 is 9.16 Å². The Bertz CT molecular complexity index is 638. The van der Waals surface area contributed by atoms with Crippen LogP contribution in [0.15, 0.2) is 24.3 Å². The van der Waals surface area contributed by atoms with Gasteiger partial charge in [0, 0.05) is 3.57 Å². The quantitative estimate of drug-likeness (QED) is 0.345. The number of benzene rings is 1. The van der Waals surface area contributed by atoms with E-state index in [1.54, 1.807) is 0 Å². The molecule has 1 aliphatic carbocycles. The van der Waals surface area contributed by atoms with Gasteiger partial charge >= 0.3 is 5.97 Å². The number of carbonyl (C=O) groups is 1. The van der Waals surface area contributed by atoms with Gasteiger partial charge in [-0.05, 0) is 72.1 Å². The van der Waals surface area contributed by atoms with Crippen molar-refractivity contribution in [2.24, 2.45) is 5.41 Å². The molecular weight excluding hydrogens is 431 g/mol. The maximum absolute atomic E-state index is 12.7. The summed E-state index contributed by atoms with van der Waals surface area (Å²) in [4.78, 5) is 12.7.